The molecule has 4 aromatic rings. The second kappa shape index (κ2) is 8.79. The zero-order valence-electron chi connectivity index (χ0n) is 16.9. The monoisotopic (exact) mass is 403 g/mol. The Labute approximate surface area is 175 Å². The molecule has 0 aliphatic rings. The lowest BCUT2D eigenvalue weighted by atomic mass is 10.0. The lowest BCUT2D eigenvalue weighted by molar-refractivity contribution is 0.132. The quantitative estimate of drug-likeness (QED) is 0.436. The second-order valence-corrected chi connectivity index (χ2v) is 7.49. The molecule has 0 saturated heterocycles. The molecule has 0 bridgehead atoms. The van der Waals surface area contributed by atoms with Gasteiger partial charge in [-0.3, -0.25) is 0 Å². The van der Waals surface area contributed by atoms with Crippen molar-refractivity contribution in [1.82, 2.24) is 9.88 Å². The molecule has 154 valence electrons. The van der Waals surface area contributed by atoms with E-state index in [1.54, 1.807) is 13.1 Å². The van der Waals surface area contributed by atoms with Crippen LogP contribution < -0.4 is 11.1 Å². The molecule has 30 heavy (non-hydrogen) atoms. The average molecular weight is 404 g/mol. The van der Waals surface area contributed by atoms with E-state index in [4.69, 9.17) is 5.73 Å². The van der Waals surface area contributed by atoms with Crippen molar-refractivity contribution >= 4 is 10.9 Å². The summed E-state index contributed by atoms with van der Waals surface area (Å²) in [4.78, 5) is 0. The Morgan fingerprint density at radius 1 is 1.03 bits per heavy atom. The first kappa shape index (κ1) is 20.3. The van der Waals surface area contributed by atoms with E-state index < -0.39 is 12.1 Å². The van der Waals surface area contributed by atoms with Crippen LogP contribution in [0.2, 0.25) is 0 Å². The van der Waals surface area contributed by atoms with E-state index in [1.165, 1.54) is 12.1 Å². The van der Waals surface area contributed by atoms with Gasteiger partial charge in [0.05, 0.1) is 12.1 Å². The van der Waals surface area contributed by atoms with Crippen LogP contribution in [0.3, 0.4) is 0 Å². The molecule has 5 heteroatoms. The fraction of sp³-hybridized carbons (Fsp3) is 0.200. The maximum absolute atomic E-state index is 14.0. The van der Waals surface area contributed by atoms with Crippen molar-refractivity contribution in [3.63, 3.8) is 0 Å². The summed E-state index contributed by atoms with van der Waals surface area (Å²) in [7, 11) is 1.80. The number of aliphatic hydroxyl groups is 1. The molecule has 2 unspecified atom stereocenters. The van der Waals surface area contributed by atoms with E-state index in [1.807, 2.05) is 36.4 Å². The van der Waals surface area contributed by atoms with Crippen LogP contribution >= 0.6 is 0 Å². The highest BCUT2D eigenvalue weighted by molar-refractivity contribution is 5.96. The number of benzene rings is 3. The Bertz CT molecular complexity index is 1140. The summed E-state index contributed by atoms with van der Waals surface area (Å²) < 4.78 is 16.1. The molecule has 1 heterocycles. The first-order valence-corrected chi connectivity index (χ1v) is 10.1. The van der Waals surface area contributed by atoms with Gasteiger partial charge in [0.2, 0.25) is 0 Å². The standard InChI is InChI=1S/C25H26FN3O/c1-28-15-24(30)25(19-5-4-6-20(26)13-19)29-16-22(21-7-2-3-8-23(21)29)18-11-9-17(14-27)10-12-18/h2-13,16,24-25,28,30H,14-15,27H2,1H3. The molecule has 0 spiro atoms. The van der Waals surface area contributed by atoms with Crippen molar-refractivity contribution in [2.75, 3.05) is 13.6 Å². The van der Waals surface area contributed by atoms with E-state index in [0.29, 0.717) is 13.1 Å². The number of fused-ring (bicyclic) bond motifs is 1. The highest BCUT2D eigenvalue weighted by Gasteiger charge is 2.25. The van der Waals surface area contributed by atoms with Crippen LogP contribution in [0.25, 0.3) is 22.0 Å². The molecule has 4 N–H and O–H groups in total. The average Bonchev–Trinajstić information content (AvgIpc) is 3.14. The molecule has 0 aliphatic heterocycles. The minimum absolute atomic E-state index is 0.316. The largest absolute Gasteiger partial charge is 0.389 e. The van der Waals surface area contributed by atoms with Crippen molar-refractivity contribution in [2.24, 2.45) is 5.73 Å². The smallest absolute Gasteiger partial charge is 0.123 e. The number of hydrogen-bond donors (Lipinski definition) is 3. The zero-order chi connectivity index (χ0) is 21.1. The lowest BCUT2D eigenvalue weighted by Crippen LogP contribution is -2.33. The Morgan fingerprint density at radius 3 is 2.50 bits per heavy atom. The molecular formula is C25H26FN3O. The Kier molecular flexibility index (Phi) is 5.95. The van der Waals surface area contributed by atoms with Gasteiger partial charge in [-0.1, -0.05) is 54.6 Å². The van der Waals surface area contributed by atoms with Crippen LogP contribution in [0, 0.1) is 5.82 Å². The van der Waals surface area contributed by atoms with E-state index in [0.717, 1.165) is 33.2 Å². The van der Waals surface area contributed by atoms with Crippen molar-refractivity contribution < 1.29 is 9.50 Å². The number of nitrogens with zero attached hydrogens (tertiary/aromatic N) is 1. The summed E-state index contributed by atoms with van der Waals surface area (Å²) in [5.74, 6) is -0.316. The molecule has 0 aliphatic carbocycles. The minimum atomic E-state index is -0.736. The minimum Gasteiger partial charge on any atom is -0.389 e. The van der Waals surface area contributed by atoms with Gasteiger partial charge >= 0.3 is 0 Å². The molecule has 4 nitrogen and oxygen atoms in total. The van der Waals surface area contributed by atoms with Crippen LogP contribution in [0.4, 0.5) is 4.39 Å². The Morgan fingerprint density at radius 2 is 1.80 bits per heavy atom. The van der Waals surface area contributed by atoms with E-state index in [2.05, 4.69) is 34.3 Å². The number of halogens is 1. The summed E-state index contributed by atoms with van der Waals surface area (Å²) in [6, 6.07) is 22.3. The Balaban J connectivity index is 1.91. The van der Waals surface area contributed by atoms with Crippen molar-refractivity contribution in [1.29, 1.82) is 0 Å². The van der Waals surface area contributed by atoms with Crippen LogP contribution in [0.15, 0.2) is 79.0 Å². The number of rotatable bonds is 7. The first-order chi connectivity index (χ1) is 14.6. The maximum atomic E-state index is 14.0. The van der Waals surface area contributed by atoms with Gasteiger partial charge in [0, 0.05) is 35.8 Å². The molecule has 3 aromatic carbocycles. The Hall–Kier alpha value is -2.99. The molecule has 0 radical (unpaired) electrons. The number of para-hydroxylation sites is 1. The fourth-order valence-electron chi connectivity index (χ4n) is 4.06. The third-order valence-corrected chi connectivity index (χ3v) is 5.51. The third kappa shape index (κ3) is 3.87. The van der Waals surface area contributed by atoms with E-state index >= 15 is 0 Å². The van der Waals surface area contributed by atoms with Crippen LogP contribution in [-0.2, 0) is 6.54 Å². The summed E-state index contributed by atoms with van der Waals surface area (Å²) in [5.41, 5.74) is 10.7. The molecular weight excluding hydrogens is 377 g/mol. The van der Waals surface area contributed by atoms with Crippen molar-refractivity contribution in [3.8, 4) is 11.1 Å². The maximum Gasteiger partial charge on any atom is 0.123 e. The molecule has 2 atom stereocenters. The SMILES string of the molecule is CNCC(O)C(c1cccc(F)c1)n1cc(-c2ccc(CN)cc2)c2ccccc21. The summed E-state index contributed by atoms with van der Waals surface area (Å²) in [6.07, 6.45) is 1.32. The topological polar surface area (TPSA) is 63.2 Å². The molecule has 1 aromatic heterocycles. The first-order valence-electron chi connectivity index (χ1n) is 10.1. The van der Waals surface area contributed by atoms with Crippen LogP contribution in [0.5, 0.6) is 0 Å². The summed E-state index contributed by atoms with van der Waals surface area (Å²) in [5, 5.41) is 15.1. The number of aliphatic hydroxyl groups excluding tert-OH is 1. The lowest BCUT2D eigenvalue weighted by Gasteiger charge is -2.26. The van der Waals surface area contributed by atoms with Gasteiger partial charge in [-0.05, 0) is 41.9 Å². The highest BCUT2D eigenvalue weighted by Crippen LogP contribution is 2.35. The molecule has 0 saturated carbocycles. The van der Waals surface area contributed by atoms with Gasteiger partial charge < -0.3 is 20.7 Å². The predicted octanol–water partition coefficient (Wildman–Crippen LogP) is 4.08. The molecule has 0 fully saturated rings. The van der Waals surface area contributed by atoms with Crippen molar-refractivity contribution in [3.05, 3.63) is 95.9 Å². The number of nitrogens with two attached hydrogens (primary N) is 1. The van der Waals surface area contributed by atoms with Crippen LogP contribution in [0.1, 0.15) is 17.2 Å². The highest BCUT2D eigenvalue weighted by atomic mass is 19.1. The number of hydrogen-bond acceptors (Lipinski definition) is 3. The van der Waals surface area contributed by atoms with Gasteiger partial charge in [-0.15, -0.1) is 0 Å². The van der Waals surface area contributed by atoms with Gasteiger partial charge in [-0.25, -0.2) is 4.39 Å². The van der Waals surface area contributed by atoms with E-state index in [9.17, 15) is 9.50 Å². The van der Waals surface area contributed by atoms with Gasteiger partial charge in [-0.2, -0.15) is 0 Å². The van der Waals surface area contributed by atoms with Crippen LogP contribution in [-0.4, -0.2) is 29.4 Å². The van der Waals surface area contributed by atoms with Gasteiger partial charge in [0.1, 0.15) is 5.82 Å². The number of likely N-dealkylation sites (N-methyl/N-ethyl adjacent to an activating group) is 1. The molecule has 4 rings (SSSR count). The summed E-state index contributed by atoms with van der Waals surface area (Å²) in [6.45, 7) is 0.883. The third-order valence-electron chi connectivity index (χ3n) is 5.51. The normalized spacial score (nSPS) is 13.5. The second-order valence-electron chi connectivity index (χ2n) is 7.49. The summed E-state index contributed by atoms with van der Waals surface area (Å²) >= 11 is 0. The zero-order valence-corrected chi connectivity index (χ0v) is 16.9. The van der Waals surface area contributed by atoms with Gasteiger partial charge in [0.25, 0.3) is 0 Å². The van der Waals surface area contributed by atoms with Crippen molar-refractivity contribution in [2.45, 2.75) is 18.7 Å². The number of nitrogens with one attached hydrogen (secondary N) is 1. The van der Waals surface area contributed by atoms with E-state index in [-0.39, 0.29) is 5.82 Å². The predicted molar refractivity (Wildman–Crippen MR) is 120 cm³/mol. The number of aromatic nitrogens is 1. The molecule has 0 amide bonds. The van der Waals surface area contributed by atoms with Gasteiger partial charge in [0.15, 0.2) is 0 Å². The fourth-order valence-corrected chi connectivity index (χ4v) is 4.06.